The number of hydrogen-bond acceptors (Lipinski definition) is 1. The number of halogens is 3. The lowest BCUT2D eigenvalue weighted by Crippen LogP contribution is -1.89. The van der Waals surface area contributed by atoms with E-state index in [1.54, 1.807) is 18.2 Å². The van der Waals surface area contributed by atoms with Gasteiger partial charge in [-0.2, -0.15) is 12.9 Å². The van der Waals surface area contributed by atoms with E-state index < -0.39 is 16.7 Å². The molecule has 0 aliphatic rings. The third-order valence-electron chi connectivity index (χ3n) is 1.18. The van der Waals surface area contributed by atoms with Crippen molar-refractivity contribution in [3.05, 3.63) is 30.3 Å². The molecule has 12 heavy (non-hydrogen) atoms. The number of rotatable bonds is 2. The second-order valence-corrected chi connectivity index (χ2v) is 4.36. The van der Waals surface area contributed by atoms with Crippen LogP contribution >= 0.6 is 16.7 Å². The van der Waals surface area contributed by atoms with Crippen molar-refractivity contribution in [1.29, 1.82) is 0 Å². The molecule has 66 valence electrons. The summed E-state index contributed by atoms with van der Waals surface area (Å²) in [6.07, 6.45) is 0. The predicted molar refractivity (Wildman–Crippen MR) is 47.1 cm³/mol. The Kier molecular flexibility index (Phi) is 3.77. The van der Waals surface area contributed by atoms with Crippen molar-refractivity contribution in [2.24, 2.45) is 4.52 Å². The summed E-state index contributed by atoms with van der Waals surface area (Å²) in [5, 5.41) is 0.269. The molecule has 0 N–H and O–H groups in total. The third-order valence-corrected chi connectivity index (χ3v) is 3.29. The monoisotopic (exact) mass is 211 g/mol. The summed E-state index contributed by atoms with van der Waals surface area (Å²) < 4.78 is 38.9. The normalized spacial score (nSPS) is 13.7. The van der Waals surface area contributed by atoms with Crippen LogP contribution in [0, 0.1) is 0 Å². The van der Waals surface area contributed by atoms with E-state index in [1.807, 2.05) is 0 Å². The zero-order valence-electron chi connectivity index (χ0n) is 5.92. The van der Waals surface area contributed by atoms with Crippen LogP contribution < -0.4 is 5.30 Å². The fraction of sp³-hybridized carbons (Fsp3) is 0. The van der Waals surface area contributed by atoms with E-state index in [0.717, 1.165) is 0 Å². The van der Waals surface area contributed by atoms with Crippen LogP contribution in [0.25, 0.3) is 0 Å². The molecule has 0 bridgehead atoms. The summed E-state index contributed by atoms with van der Waals surface area (Å²) >= 11 is 0. The molecule has 0 fully saturated rings. The predicted octanol–water partition coefficient (Wildman–Crippen LogP) is 3.76. The quantitative estimate of drug-likeness (QED) is 0.660. The van der Waals surface area contributed by atoms with Gasteiger partial charge in [-0.1, -0.05) is 30.3 Å². The molecule has 0 aliphatic carbocycles. The van der Waals surface area contributed by atoms with E-state index in [9.17, 15) is 12.6 Å². The van der Waals surface area contributed by atoms with E-state index in [4.69, 9.17) is 0 Å². The molecular weight excluding hydrogens is 205 g/mol. The van der Waals surface area contributed by atoms with Crippen molar-refractivity contribution in [2.75, 3.05) is 0 Å². The second-order valence-electron chi connectivity index (χ2n) is 1.97. The Morgan fingerprint density at radius 2 is 1.75 bits per heavy atom. The molecule has 0 aromatic heterocycles. The lowest BCUT2D eigenvalue weighted by Gasteiger charge is -1.95. The largest absolute Gasteiger partial charge is 0.393 e. The fourth-order valence-electron chi connectivity index (χ4n) is 0.700. The van der Waals surface area contributed by atoms with Crippen molar-refractivity contribution in [3.63, 3.8) is 0 Å². The highest BCUT2D eigenvalue weighted by Crippen LogP contribution is 2.48. The molecule has 1 aromatic carbocycles. The fourth-order valence-corrected chi connectivity index (χ4v) is 2.16. The zero-order valence-corrected chi connectivity index (χ0v) is 7.81. The van der Waals surface area contributed by atoms with E-state index in [0.29, 0.717) is 0 Å². The molecule has 1 aromatic rings. The maximum Gasteiger partial charge on any atom is 0.393 e. The molecule has 0 radical (unpaired) electrons. The number of nitrogens with zero attached hydrogens (tertiary/aromatic N) is 1. The topological polar surface area (TPSA) is 12.4 Å². The van der Waals surface area contributed by atoms with E-state index >= 15 is 0 Å². The van der Waals surface area contributed by atoms with Crippen LogP contribution in [0.15, 0.2) is 34.8 Å². The molecule has 0 saturated carbocycles. The highest BCUT2D eigenvalue weighted by Gasteiger charge is 2.04. The third kappa shape index (κ3) is 2.96. The van der Waals surface area contributed by atoms with Gasteiger partial charge in [-0.25, -0.2) is 4.20 Å². The maximum atomic E-state index is 12.9. The summed E-state index contributed by atoms with van der Waals surface area (Å²) in [6.45, 7) is 0. The first-order valence-corrected chi connectivity index (χ1v) is 5.51. The molecule has 0 amide bonds. The summed E-state index contributed by atoms with van der Waals surface area (Å²) in [6, 6.07) is 7.85. The van der Waals surface area contributed by atoms with Crippen LogP contribution in [0.4, 0.5) is 12.6 Å². The average molecular weight is 211 g/mol. The second kappa shape index (κ2) is 4.64. The smallest absolute Gasteiger partial charge is 0.207 e. The molecule has 1 rings (SSSR count). The Morgan fingerprint density at radius 3 is 2.25 bits per heavy atom. The van der Waals surface area contributed by atoms with Gasteiger partial charge in [-0.05, 0) is 0 Å². The van der Waals surface area contributed by atoms with Gasteiger partial charge in [0.25, 0.3) is 0 Å². The van der Waals surface area contributed by atoms with E-state index in [2.05, 4.69) is 4.52 Å². The lowest BCUT2D eigenvalue weighted by molar-refractivity contribution is 0.747. The van der Waals surface area contributed by atoms with Gasteiger partial charge in [-0.3, -0.25) is 0 Å². The molecule has 1 unspecified atom stereocenters. The average Bonchev–Trinajstić information content (AvgIpc) is 2.05. The SMILES string of the molecule is FP(F)/N=[PH](/F)c1ccccc1. The Morgan fingerprint density at radius 1 is 1.17 bits per heavy atom. The first-order valence-electron chi connectivity index (χ1n) is 3.11. The molecule has 0 spiro atoms. The number of hydrogen-bond donors (Lipinski definition) is 0. The summed E-state index contributed by atoms with van der Waals surface area (Å²) in [7, 11) is -6.33. The van der Waals surface area contributed by atoms with Crippen LogP contribution in [-0.4, -0.2) is 0 Å². The maximum absolute atomic E-state index is 12.9. The molecular formula is C6H6F3NP2. The van der Waals surface area contributed by atoms with Crippen LogP contribution in [0.2, 0.25) is 0 Å². The first-order chi connectivity index (χ1) is 5.70. The minimum absolute atomic E-state index is 0.269. The Bertz CT molecular complexity index is 275. The van der Waals surface area contributed by atoms with Crippen molar-refractivity contribution in [2.45, 2.75) is 0 Å². The van der Waals surface area contributed by atoms with E-state index in [1.165, 1.54) is 12.1 Å². The van der Waals surface area contributed by atoms with Gasteiger partial charge in [-0.15, -0.1) is 0 Å². The van der Waals surface area contributed by atoms with Gasteiger partial charge in [0, 0.05) is 5.30 Å². The van der Waals surface area contributed by atoms with Gasteiger partial charge in [0.1, 0.15) is 0 Å². The van der Waals surface area contributed by atoms with Crippen LogP contribution in [0.1, 0.15) is 0 Å². The van der Waals surface area contributed by atoms with Crippen molar-refractivity contribution in [3.8, 4) is 0 Å². The Hall–Kier alpha value is -0.330. The minimum Gasteiger partial charge on any atom is -0.207 e. The van der Waals surface area contributed by atoms with Gasteiger partial charge in [0.05, 0.1) is 0 Å². The first kappa shape index (κ1) is 9.76. The molecule has 0 aliphatic heterocycles. The van der Waals surface area contributed by atoms with Crippen molar-refractivity contribution < 1.29 is 12.6 Å². The van der Waals surface area contributed by atoms with Gasteiger partial charge < -0.3 is 0 Å². The molecule has 6 heteroatoms. The Labute approximate surface area is 70.3 Å². The standard InChI is InChI=1S/C6H6F3NP2/c7-11(10-12(8)9)6-4-2-1-3-5-6/h1-5,11H. The highest BCUT2D eigenvalue weighted by molar-refractivity contribution is 7.59. The summed E-state index contributed by atoms with van der Waals surface area (Å²) in [5.74, 6) is 0. The van der Waals surface area contributed by atoms with Gasteiger partial charge in [0.2, 0.25) is 0 Å². The highest BCUT2D eigenvalue weighted by atomic mass is 31.2. The number of benzene rings is 1. The molecule has 1 atom stereocenters. The van der Waals surface area contributed by atoms with Crippen LogP contribution in [-0.2, 0) is 0 Å². The van der Waals surface area contributed by atoms with Gasteiger partial charge in [0.15, 0.2) is 8.02 Å². The zero-order chi connectivity index (χ0) is 8.97. The van der Waals surface area contributed by atoms with Crippen LogP contribution in [0.5, 0.6) is 0 Å². The van der Waals surface area contributed by atoms with Crippen molar-refractivity contribution in [1.82, 2.24) is 0 Å². The molecule has 1 nitrogen and oxygen atoms in total. The lowest BCUT2D eigenvalue weighted by atomic mass is 10.4. The van der Waals surface area contributed by atoms with Gasteiger partial charge >= 0.3 is 8.69 Å². The molecule has 0 saturated heterocycles. The van der Waals surface area contributed by atoms with Crippen molar-refractivity contribution >= 4 is 22.0 Å². The van der Waals surface area contributed by atoms with E-state index in [-0.39, 0.29) is 5.30 Å². The van der Waals surface area contributed by atoms with Crippen LogP contribution in [0.3, 0.4) is 0 Å². The minimum atomic E-state index is -3.47. The summed E-state index contributed by atoms with van der Waals surface area (Å²) in [4.78, 5) is 0. The summed E-state index contributed by atoms with van der Waals surface area (Å²) in [5.41, 5.74) is 0. The molecule has 0 heterocycles. The Balaban J connectivity index is 2.85.